The molecule has 1 unspecified atom stereocenters. The van der Waals surface area contributed by atoms with E-state index in [0.717, 1.165) is 16.4 Å². The highest BCUT2D eigenvalue weighted by atomic mass is 32.2. The second kappa shape index (κ2) is 5.60. The van der Waals surface area contributed by atoms with Crippen LogP contribution in [0.5, 0.6) is 0 Å². The quantitative estimate of drug-likeness (QED) is 0.745. The average molecular weight is 286 g/mol. The highest BCUT2D eigenvalue weighted by Crippen LogP contribution is 2.23. The van der Waals surface area contributed by atoms with Gasteiger partial charge in [-0.05, 0) is 12.1 Å². The van der Waals surface area contributed by atoms with E-state index in [-0.39, 0.29) is 11.9 Å². The fourth-order valence-corrected chi connectivity index (χ4v) is 2.61. The van der Waals surface area contributed by atoms with E-state index in [2.05, 4.69) is 15.3 Å². The molecule has 0 bridgehead atoms. The molecule has 5 nitrogen and oxygen atoms in total. The smallest absolute Gasteiger partial charge is 0.185 e. The molecule has 1 atom stereocenters. The zero-order valence-electron chi connectivity index (χ0n) is 11.0. The van der Waals surface area contributed by atoms with Gasteiger partial charge in [-0.2, -0.15) is 9.61 Å². The first kappa shape index (κ1) is 13.1. The molecule has 102 valence electrons. The molecule has 0 spiro atoms. The van der Waals surface area contributed by atoms with Crippen LogP contribution < -0.4 is 0 Å². The van der Waals surface area contributed by atoms with E-state index in [1.165, 1.54) is 11.8 Å². The Kier molecular flexibility index (Phi) is 3.66. The number of rotatable bonds is 4. The van der Waals surface area contributed by atoms with Crippen LogP contribution in [-0.2, 0) is 0 Å². The molecule has 0 saturated carbocycles. The summed E-state index contributed by atoms with van der Waals surface area (Å²) in [5.74, 6) is 0.722. The summed E-state index contributed by atoms with van der Waals surface area (Å²) in [6.07, 6.45) is 0. The lowest BCUT2D eigenvalue weighted by Gasteiger charge is -2.07. The van der Waals surface area contributed by atoms with Crippen LogP contribution in [0.2, 0.25) is 0 Å². The van der Waals surface area contributed by atoms with Gasteiger partial charge in [0.25, 0.3) is 0 Å². The summed E-state index contributed by atoms with van der Waals surface area (Å²) in [6, 6.07) is 13.6. The third-order valence-corrected chi connectivity index (χ3v) is 3.86. The number of hydrogen-bond donors (Lipinski definition) is 1. The first-order chi connectivity index (χ1) is 9.78. The van der Waals surface area contributed by atoms with Crippen molar-refractivity contribution in [2.75, 3.05) is 6.61 Å². The van der Waals surface area contributed by atoms with Gasteiger partial charge in [-0.3, -0.25) is 0 Å². The monoisotopic (exact) mass is 286 g/mol. The summed E-state index contributed by atoms with van der Waals surface area (Å²) in [7, 11) is 0. The Hall–Kier alpha value is -1.92. The molecule has 0 aliphatic carbocycles. The molecule has 3 rings (SSSR count). The van der Waals surface area contributed by atoms with Crippen LogP contribution in [0.15, 0.2) is 47.5 Å². The number of aromatic nitrogens is 4. The molecule has 0 aliphatic heterocycles. The fraction of sp³-hybridized carbons (Fsp3) is 0.214. The van der Waals surface area contributed by atoms with E-state index >= 15 is 0 Å². The van der Waals surface area contributed by atoms with Crippen molar-refractivity contribution in [3.05, 3.63) is 42.5 Å². The maximum absolute atomic E-state index is 9.12. The summed E-state index contributed by atoms with van der Waals surface area (Å²) in [5.41, 5.74) is 1.69. The molecule has 2 heterocycles. The van der Waals surface area contributed by atoms with Crippen LogP contribution in [0.4, 0.5) is 0 Å². The minimum Gasteiger partial charge on any atom is -0.395 e. The van der Waals surface area contributed by atoms with Gasteiger partial charge in [0, 0.05) is 10.8 Å². The van der Waals surface area contributed by atoms with E-state index in [1.54, 1.807) is 4.52 Å². The molecule has 1 N–H and O–H groups in total. The van der Waals surface area contributed by atoms with E-state index < -0.39 is 0 Å². The molecule has 0 saturated heterocycles. The molecule has 0 radical (unpaired) electrons. The van der Waals surface area contributed by atoms with Crippen molar-refractivity contribution in [1.29, 1.82) is 0 Å². The van der Waals surface area contributed by atoms with Crippen LogP contribution in [0.1, 0.15) is 6.92 Å². The lowest BCUT2D eigenvalue weighted by molar-refractivity contribution is 0.300. The summed E-state index contributed by atoms with van der Waals surface area (Å²) in [6.45, 7) is 2.08. The molecular weight excluding hydrogens is 272 g/mol. The van der Waals surface area contributed by atoms with Crippen LogP contribution in [0.25, 0.3) is 17.0 Å². The van der Waals surface area contributed by atoms with Gasteiger partial charge >= 0.3 is 0 Å². The second-order valence-corrected chi connectivity index (χ2v) is 5.90. The first-order valence-corrected chi connectivity index (χ1v) is 7.21. The van der Waals surface area contributed by atoms with Crippen LogP contribution in [-0.4, -0.2) is 36.8 Å². The van der Waals surface area contributed by atoms with E-state index in [9.17, 15) is 0 Å². The predicted octanol–water partition coefficient (Wildman–Crippen LogP) is 2.26. The van der Waals surface area contributed by atoms with Crippen molar-refractivity contribution >= 4 is 17.4 Å². The predicted molar refractivity (Wildman–Crippen MR) is 78.6 cm³/mol. The molecule has 1 aromatic carbocycles. The molecule has 0 fully saturated rings. The van der Waals surface area contributed by atoms with Gasteiger partial charge in [0.2, 0.25) is 0 Å². The third-order valence-electron chi connectivity index (χ3n) is 2.85. The Morgan fingerprint density at radius 1 is 1.15 bits per heavy atom. The van der Waals surface area contributed by atoms with Crippen LogP contribution in [0.3, 0.4) is 0 Å². The van der Waals surface area contributed by atoms with Crippen molar-refractivity contribution in [3.8, 4) is 11.4 Å². The zero-order chi connectivity index (χ0) is 13.9. The average Bonchev–Trinajstić information content (AvgIpc) is 2.91. The molecule has 20 heavy (non-hydrogen) atoms. The maximum atomic E-state index is 9.12. The molecule has 3 aromatic rings. The molecule has 0 aliphatic rings. The van der Waals surface area contributed by atoms with Crippen molar-refractivity contribution in [1.82, 2.24) is 19.8 Å². The van der Waals surface area contributed by atoms with E-state index in [1.807, 2.05) is 49.4 Å². The van der Waals surface area contributed by atoms with E-state index in [0.29, 0.717) is 5.65 Å². The van der Waals surface area contributed by atoms with Gasteiger partial charge in [-0.25, -0.2) is 0 Å². The van der Waals surface area contributed by atoms with Gasteiger partial charge in [0.15, 0.2) is 11.5 Å². The number of aliphatic hydroxyl groups excluding tert-OH is 1. The minimum atomic E-state index is 0.108. The lowest BCUT2D eigenvalue weighted by Crippen LogP contribution is -2.04. The van der Waals surface area contributed by atoms with Crippen molar-refractivity contribution in [2.24, 2.45) is 0 Å². The first-order valence-electron chi connectivity index (χ1n) is 6.33. The Balaban J connectivity index is 2.04. The lowest BCUT2D eigenvalue weighted by atomic mass is 10.2. The van der Waals surface area contributed by atoms with Crippen molar-refractivity contribution in [2.45, 2.75) is 17.2 Å². The molecule has 6 heteroatoms. The number of hydrogen-bond acceptors (Lipinski definition) is 5. The summed E-state index contributed by atoms with van der Waals surface area (Å²) in [5, 5.41) is 22.9. The fourth-order valence-electron chi connectivity index (χ4n) is 1.85. The van der Waals surface area contributed by atoms with Gasteiger partial charge in [-0.1, -0.05) is 49.0 Å². The number of fused-ring (bicyclic) bond motifs is 1. The Morgan fingerprint density at radius 3 is 2.70 bits per heavy atom. The molecule has 0 amide bonds. The summed E-state index contributed by atoms with van der Waals surface area (Å²) < 4.78 is 1.74. The zero-order valence-corrected chi connectivity index (χ0v) is 11.8. The van der Waals surface area contributed by atoms with Crippen LogP contribution in [0, 0.1) is 0 Å². The highest BCUT2D eigenvalue weighted by molar-refractivity contribution is 7.99. The van der Waals surface area contributed by atoms with Crippen LogP contribution >= 0.6 is 11.8 Å². The number of benzene rings is 1. The number of thioether (sulfide) groups is 1. The number of nitrogens with zero attached hydrogens (tertiary/aromatic N) is 4. The van der Waals surface area contributed by atoms with Gasteiger partial charge < -0.3 is 5.11 Å². The van der Waals surface area contributed by atoms with Gasteiger partial charge in [0.1, 0.15) is 5.03 Å². The second-order valence-electron chi connectivity index (χ2n) is 4.44. The van der Waals surface area contributed by atoms with Crippen molar-refractivity contribution < 1.29 is 5.11 Å². The molecule has 2 aromatic heterocycles. The molecular formula is C14H14N4OS. The van der Waals surface area contributed by atoms with Crippen molar-refractivity contribution in [3.63, 3.8) is 0 Å². The topological polar surface area (TPSA) is 63.3 Å². The van der Waals surface area contributed by atoms with Gasteiger partial charge in [0.05, 0.1) is 6.61 Å². The number of aliphatic hydroxyl groups is 1. The Labute approximate surface area is 120 Å². The Bertz CT molecular complexity index is 714. The maximum Gasteiger partial charge on any atom is 0.185 e. The SMILES string of the molecule is CC(CO)Sc1ccc2nnc(-c3ccccc3)n2n1. The highest BCUT2D eigenvalue weighted by Gasteiger charge is 2.11. The largest absolute Gasteiger partial charge is 0.395 e. The van der Waals surface area contributed by atoms with Gasteiger partial charge in [-0.15, -0.1) is 10.2 Å². The third kappa shape index (κ3) is 2.52. The summed E-state index contributed by atoms with van der Waals surface area (Å²) >= 11 is 1.53. The minimum absolute atomic E-state index is 0.108. The summed E-state index contributed by atoms with van der Waals surface area (Å²) in [4.78, 5) is 0. The Morgan fingerprint density at radius 2 is 1.95 bits per heavy atom. The standard InChI is InChI=1S/C14H14N4OS/c1-10(9-19)20-13-8-7-12-15-16-14(18(12)17-13)11-5-3-2-4-6-11/h2-8,10,19H,9H2,1H3. The van der Waals surface area contributed by atoms with E-state index in [4.69, 9.17) is 5.11 Å². The normalized spacial score (nSPS) is 12.7.